The van der Waals surface area contributed by atoms with Crippen LogP contribution < -0.4 is 10.2 Å². The third kappa shape index (κ3) is 4.06. The molecule has 1 fully saturated rings. The second kappa shape index (κ2) is 7.44. The highest BCUT2D eigenvalue weighted by Crippen LogP contribution is 2.37. The van der Waals surface area contributed by atoms with Crippen molar-refractivity contribution in [3.63, 3.8) is 0 Å². The number of aldehydes is 1. The number of hydrogen-bond donors (Lipinski definition) is 0. The van der Waals surface area contributed by atoms with E-state index in [1.165, 1.54) is 0 Å². The molecule has 0 aliphatic carbocycles. The summed E-state index contributed by atoms with van der Waals surface area (Å²) in [7, 11) is -0.407. The molecule has 0 bridgehead atoms. The number of aryl methyl sites for hydroxylation is 1. The van der Waals surface area contributed by atoms with Gasteiger partial charge in [0.05, 0.1) is 24.0 Å². The fraction of sp³-hybridized carbons (Fsp3) is 0.526. The minimum atomic E-state index is -0.407. The molecule has 0 unspecified atom stereocenters. The summed E-state index contributed by atoms with van der Waals surface area (Å²) >= 11 is 0. The number of carbonyl (C=O) groups is 1. The van der Waals surface area contributed by atoms with Gasteiger partial charge in [-0.15, -0.1) is 5.10 Å². The maximum atomic E-state index is 10.6. The van der Waals surface area contributed by atoms with Gasteiger partial charge < -0.3 is 14.0 Å². The lowest BCUT2D eigenvalue weighted by atomic mass is 9.76. The molecule has 7 nitrogen and oxygen atoms in total. The molecule has 0 atom stereocenters. The lowest BCUT2D eigenvalue weighted by Crippen LogP contribution is -2.41. The minimum absolute atomic E-state index is 0.335. The van der Waals surface area contributed by atoms with Crippen LogP contribution in [0.25, 0.3) is 0 Å². The maximum absolute atomic E-state index is 10.6. The highest BCUT2D eigenvalue weighted by Gasteiger charge is 2.52. The number of nitrogens with zero attached hydrogens (tertiary/aromatic N) is 3. The largest absolute Gasteiger partial charge is 0.495 e. The maximum Gasteiger partial charge on any atom is 0.495 e. The molecule has 0 amide bonds. The van der Waals surface area contributed by atoms with Crippen LogP contribution in [-0.2, 0) is 15.9 Å². The van der Waals surface area contributed by atoms with Crippen LogP contribution in [0.3, 0.4) is 0 Å². The van der Waals surface area contributed by atoms with E-state index < -0.39 is 7.12 Å². The quantitative estimate of drug-likeness (QED) is 0.422. The van der Waals surface area contributed by atoms with Gasteiger partial charge in [-0.3, -0.25) is 9.48 Å². The molecule has 1 saturated heterocycles. The van der Waals surface area contributed by atoms with Crippen molar-refractivity contribution in [1.82, 2.24) is 15.0 Å². The van der Waals surface area contributed by atoms with Gasteiger partial charge >= 0.3 is 7.12 Å². The third-order valence-electron chi connectivity index (χ3n) is 5.30. The number of ether oxygens (including phenoxy) is 1. The average molecular weight is 371 g/mol. The van der Waals surface area contributed by atoms with Crippen LogP contribution in [0.1, 0.15) is 50.2 Å². The number of aromatic nitrogens is 3. The van der Waals surface area contributed by atoms with Crippen LogP contribution in [0.2, 0.25) is 0 Å². The Balaban J connectivity index is 1.61. The molecule has 0 N–H and O–H groups in total. The van der Waals surface area contributed by atoms with Gasteiger partial charge in [0, 0.05) is 13.0 Å². The fourth-order valence-corrected chi connectivity index (χ4v) is 2.90. The molecule has 0 spiro atoms. The second-order valence-electron chi connectivity index (χ2n) is 7.78. The van der Waals surface area contributed by atoms with Crippen molar-refractivity contribution in [3.8, 4) is 5.75 Å². The lowest BCUT2D eigenvalue weighted by molar-refractivity contribution is 0.00578. The molecule has 1 aromatic carbocycles. The summed E-state index contributed by atoms with van der Waals surface area (Å²) in [5, 5.41) is 7.63. The summed E-state index contributed by atoms with van der Waals surface area (Å²) in [5.41, 5.74) is 1.58. The first-order valence-electron chi connectivity index (χ1n) is 9.17. The van der Waals surface area contributed by atoms with Gasteiger partial charge in [-0.25, -0.2) is 0 Å². The molecule has 8 heteroatoms. The zero-order chi connectivity index (χ0) is 19.7. The Morgan fingerprint density at radius 3 is 2.56 bits per heavy atom. The van der Waals surface area contributed by atoms with Crippen molar-refractivity contribution >= 4 is 18.9 Å². The number of benzene rings is 1. The van der Waals surface area contributed by atoms with E-state index in [9.17, 15) is 4.79 Å². The Hall–Kier alpha value is -2.19. The Morgan fingerprint density at radius 2 is 1.93 bits per heavy atom. The van der Waals surface area contributed by atoms with Crippen molar-refractivity contribution in [1.29, 1.82) is 0 Å². The van der Waals surface area contributed by atoms with E-state index in [0.29, 0.717) is 25.1 Å². The van der Waals surface area contributed by atoms with E-state index in [-0.39, 0.29) is 11.2 Å². The normalized spacial score (nSPS) is 17.9. The average Bonchev–Trinajstić information content (AvgIpc) is 3.14. The third-order valence-corrected chi connectivity index (χ3v) is 5.30. The summed E-state index contributed by atoms with van der Waals surface area (Å²) in [6.45, 7) is 11.4. The molecule has 0 saturated carbocycles. The van der Waals surface area contributed by atoms with Crippen LogP contribution in [0.15, 0.2) is 24.4 Å². The van der Waals surface area contributed by atoms with Crippen LogP contribution in [0, 0.1) is 6.92 Å². The van der Waals surface area contributed by atoms with Crippen molar-refractivity contribution in [2.45, 2.75) is 58.8 Å². The van der Waals surface area contributed by atoms with Gasteiger partial charge in [-0.2, -0.15) is 0 Å². The van der Waals surface area contributed by atoms with E-state index in [4.69, 9.17) is 14.0 Å². The van der Waals surface area contributed by atoms with Gasteiger partial charge in [0.2, 0.25) is 0 Å². The summed E-state index contributed by atoms with van der Waals surface area (Å²) < 4.78 is 19.9. The SMILES string of the molecule is Cc1c(OCCCn2cc(C=O)nn2)cccc1B1OC(C)(C)C(C)(C)O1. The van der Waals surface area contributed by atoms with Crippen LogP contribution >= 0.6 is 0 Å². The molecule has 1 aliphatic heterocycles. The Kier molecular flexibility index (Phi) is 5.39. The van der Waals surface area contributed by atoms with Gasteiger partial charge in [-0.05, 0) is 51.7 Å². The monoisotopic (exact) mass is 371 g/mol. The molecule has 0 radical (unpaired) electrons. The first kappa shape index (κ1) is 19.6. The molecule has 1 aliphatic rings. The van der Waals surface area contributed by atoms with E-state index in [1.54, 1.807) is 10.9 Å². The predicted octanol–water partition coefficient (Wildman–Crippen LogP) is 2.17. The van der Waals surface area contributed by atoms with E-state index >= 15 is 0 Å². The van der Waals surface area contributed by atoms with E-state index in [0.717, 1.165) is 23.2 Å². The summed E-state index contributed by atoms with van der Waals surface area (Å²) in [6, 6.07) is 5.92. The summed E-state index contributed by atoms with van der Waals surface area (Å²) in [4.78, 5) is 10.6. The summed E-state index contributed by atoms with van der Waals surface area (Å²) in [6.07, 6.45) is 3.06. The van der Waals surface area contributed by atoms with Crippen LogP contribution in [-0.4, -0.2) is 46.2 Å². The van der Waals surface area contributed by atoms with Crippen molar-refractivity contribution in [2.75, 3.05) is 6.61 Å². The Labute approximate surface area is 160 Å². The van der Waals surface area contributed by atoms with Crippen molar-refractivity contribution in [2.24, 2.45) is 0 Å². The smallest absolute Gasteiger partial charge is 0.493 e. The fourth-order valence-electron chi connectivity index (χ4n) is 2.90. The van der Waals surface area contributed by atoms with Crippen molar-refractivity contribution < 1.29 is 18.8 Å². The highest BCUT2D eigenvalue weighted by atomic mass is 16.7. The lowest BCUT2D eigenvalue weighted by Gasteiger charge is -2.32. The molecule has 2 heterocycles. The Bertz CT molecular complexity index is 803. The topological polar surface area (TPSA) is 75.5 Å². The van der Waals surface area contributed by atoms with Crippen LogP contribution in [0.5, 0.6) is 5.75 Å². The molecule has 27 heavy (non-hydrogen) atoms. The van der Waals surface area contributed by atoms with Crippen LogP contribution in [0.4, 0.5) is 0 Å². The zero-order valence-corrected chi connectivity index (χ0v) is 16.6. The Morgan fingerprint density at radius 1 is 1.22 bits per heavy atom. The zero-order valence-electron chi connectivity index (χ0n) is 16.6. The molecular formula is C19H26BN3O4. The minimum Gasteiger partial charge on any atom is -0.493 e. The molecule has 144 valence electrons. The standard InChI is InChI=1S/C19H26BN3O4/c1-14-16(20-26-18(2,3)19(4,5)27-20)8-6-9-17(14)25-11-7-10-23-12-15(13-24)21-22-23/h6,8-9,12-13H,7,10-11H2,1-5H3. The van der Waals surface area contributed by atoms with E-state index in [1.807, 2.05) is 52.8 Å². The first-order chi connectivity index (χ1) is 12.7. The number of hydrogen-bond acceptors (Lipinski definition) is 6. The van der Waals surface area contributed by atoms with E-state index in [2.05, 4.69) is 10.3 Å². The number of rotatable bonds is 7. The first-order valence-corrected chi connectivity index (χ1v) is 9.17. The molecule has 3 rings (SSSR count). The molecule has 1 aromatic heterocycles. The predicted molar refractivity (Wildman–Crippen MR) is 102 cm³/mol. The number of carbonyl (C=O) groups excluding carboxylic acids is 1. The molecule has 2 aromatic rings. The molecular weight excluding hydrogens is 345 g/mol. The van der Waals surface area contributed by atoms with Gasteiger partial charge in [0.15, 0.2) is 6.29 Å². The summed E-state index contributed by atoms with van der Waals surface area (Å²) in [5.74, 6) is 0.814. The van der Waals surface area contributed by atoms with Crippen molar-refractivity contribution in [3.05, 3.63) is 35.7 Å². The van der Waals surface area contributed by atoms with Gasteiger partial charge in [0.1, 0.15) is 11.4 Å². The highest BCUT2D eigenvalue weighted by molar-refractivity contribution is 6.62. The second-order valence-corrected chi connectivity index (χ2v) is 7.78. The van der Waals surface area contributed by atoms with Gasteiger partial charge in [0.25, 0.3) is 0 Å². The van der Waals surface area contributed by atoms with Gasteiger partial charge in [-0.1, -0.05) is 17.3 Å².